The fourth-order valence-electron chi connectivity index (χ4n) is 3.14. The zero-order chi connectivity index (χ0) is 21.3. The summed E-state index contributed by atoms with van der Waals surface area (Å²) in [5.41, 5.74) is 3.48. The third-order valence-electron chi connectivity index (χ3n) is 4.85. The lowest BCUT2D eigenvalue weighted by atomic mass is 10.2. The van der Waals surface area contributed by atoms with Gasteiger partial charge in [-0.3, -0.25) is 14.2 Å². The molecule has 2 aromatic heterocycles. The maximum absolute atomic E-state index is 13.4. The molecular weight excluding hydrogens is 414 g/mol. The highest BCUT2D eigenvalue weighted by atomic mass is 32.2. The second-order valence-electron chi connectivity index (χ2n) is 7.04. The average molecular weight is 436 g/mol. The van der Waals surface area contributed by atoms with Crippen molar-refractivity contribution >= 4 is 44.9 Å². The first-order valence-electron chi connectivity index (χ1n) is 9.51. The Morgan fingerprint density at radius 2 is 1.77 bits per heavy atom. The van der Waals surface area contributed by atoms with E-state index < -0.39 is 0 Å². The minimum atomic E-state index is -0.142. The summed E-state index contributed by atoms with van der Waals surface area (Å²) in [6, 6.07) is 17.1. The van der Waals surface area contributed by atoms with Crippen molar-refractivity contribution < 1.29 is 4.79 Å². The van der Waals surface area contributed by atoms with E-state index in [0.717, 1.165) is 27.4 Å². The monoisotopic (exact) mass is 435 g/mol. The second-order valence-corrected chi connectivity index (χ2v) is 9.18. The number of nitrogens with one attached hydrogen (secondary N) is 1. The number of thioether (sulfide) groups is 1. The molecule has 0 bridgehead atoms. The maximum Gasteiger partial charge on any atom is 0.267 e. The van der Waals surface area contributed by atoms with E-state index in [1.165, 1.54) is 23.1 Å². The molecule has 1 N–H and O–H groups in total. The molecule has 0 radical (unpaired) electrons. The third kappa shape index (κ3) is 4.04. The Morgan fingerprint density at radius 1 is 1.07 bits per heavy atom. The van der Waals surface area contributed by atoms with Gasteiger partial charge in [-0.05, 0) is 50.6 Å². The minimum Gasteiger partial charge on any atom is -0.325 e. The Morgan fingerprint density at radius 3 is 2.47 bits per heavy atom. The van der Waals surface area contributed by atoms with E-state index in [1.54, 1.807) is 4.57 Å². The lowest BCUT2D eigenvalue weighted by molar-refractivity contribution is -0.113. The van der Waals surface area contributed by atoms with Crippen LogP contribution in [-0.2, 0) is 4.79 Å². The number of hydrogen-bond acceptors (Lipinski definition) is 5. The number of thiophene rings is 1. The first-order valence-corrected chi connectivity index (χ1v) is 11.3. The number of fused-ring (bicyclic) bond motifs is 1. The quantitative estimate of drug-likeness (QED) is 0.350. The van der Waals surface area contributed by atoms with Crippen LogP contribution < -0.4 is 10.9 Å². The molecule has 7 heteroatoms. The number of anilines is 1. The molecule has 0 unspecified atom stereocenters. The number of para-hydroxylation sites is 1. The molecule has 1 amide bonds. The Hall–Kier alpha value is -2.90. The van der Waals surface area contributed by atoms with Gasteiger partial charge < -0.3 is 5.32 Å². The molecule has 0 saturated carbocycles. The van der Waals surface area contributed by atoms with Crippen molar-refractivity contribution in [2.24, 2.45) is 0 Å². The van der Waals surface area contributed by atoms with Gasteiger partial charge in [0.15, 0.2) is 5.16 Å². The zero-order valence-electron chi connectivity index (χ0n) is 16.9. The molecule has 0 fully saturated rings. The van der Waals surface area contributed by atoms with Crippen LogP contribution in [0, 0.1) is 20.8 Å². The van der Waals surface area contributed by atoms with Crippen molar-refractivity contribution in [1.29, 1.82) is 0 Å². The van der Waals surface area contributed by atoms with E-state index in [1.807, 2.05) is 75.4 Å². The Kier molecular flexibility index (Phi) is 5.74. The van der Waals surface area contributed by atoms with Crippen LogP contribution >= 0.6 is 23.1 Å². The van der Waals surface area contributed by atoms with Crippen molar-refractivity contribution in [2.75, 3.05) is 11.1 Å². The summed E-state index contributed by atoms with van der Waals surface area (Å²) >= 11 is 2.77. The van der Waals surface area contributed by atoms with Crippen molar-refractivity contribution in [3.8, 4) is 5.69 Å². The molecule has 0 saturated heterocycles. The van der Waals surface area contributed by atoms with E-state index in [4.69, 9.17) is 4.98 Å². The lowest BCUT2D eigenvalue weighted by Gasteiger charge is -2.12. The molecule has 0 aliphatic heterocycles. The van der Waals surface area contributed by atoms with Crippen molar-refractivity contribution in [2.45, 2.75) is 25.9 Å². The smallest absolute Gasteiger partial charge is 0.267 e. The molecule has 0 aliphatic carbocycles. The molecule has 4 aromatic rings. The summed E-state index contributed by atoms with van der Waals surface area (Å²) in [6.07, 6.45) is 0. The highest BCUT2D eigenvalue weighted by molar-refractivity contribution is 7.99. The molecule has 4 rings (SSSR count). The van der Waals surface area contributed by atoms with E-state index in [2.05, 4.69) is 5.32 Å². The van der Waals surface area contributed by atoms with Crippen LogP contribution in [0.1, 0.15) is 16.0 Å². The number of benzene rings is 2. The van der Waals surface area contributed by atoms with Gasteiger partial charge in [0.1, 0.15) is 4.83 Å². The molecule has 0 spiro atoms. The van der Waals surface area contributed by atoms with E-state index in [-0.39, 0.29) is 17.2 Å². The van der Waals surface area contributed by atoms with Gasteiger partial charge in [0.25, 0.3) is 5.56 Å². The van der Waals surface area contributed by atoms with Crippen LogP contribution in [0.3, 0.4) is 0 Å². The fraction of sp³-hybridized carbons (Fsp3) is 0.174. The minimum absolute atomic E-state index is 0.102. The van der Waals surface area contributed by atoms with Gasteiger partial charge in [-0.2, -0.15) is 0 Å². The average Bonchev–Trinajstić information content (AvgIpc) is 3.02. The van der Waals surface area contributed by atoms with Crippen molar-refractivity contribution in [3.63, 3.8) is 0 Å². The lowest BCUT2D eigenvalue weighted by Crippen LogP contribution is -2.22. The van der Waals surface area contributed by atoms with Gasteiger partial charge in [-0.15, -0.1) is 11.3 Å². The summed E-state index contributed by atoms with van der Waals surface area (Å²) in [5.74, 6) is 0.0125. The summed E-state index contributed by atoms with van der Waals surface area (Å²) in [6.45, 7) is 5.95. The standard InChI is InChI=1S/C23H21N3O2S2/c1-14-9-11-17(12-10-14)24-19(27)13-29-23-25-21-20(15(2)16(3)30-21)22(28)26(23)18-7-5-4-6-8-18/h4-12H,13H2,1-3H3,(H,24,27). The number of hydrogen-bond donors (Lipinski definition) is 1. The van der Waals surface area contributed by atoms with Gasteiger partial charge in [-0.1, -0.05) is 47.7 Å². The van der Waals surface area contributed by atoms with E-state index in [9.17, 15) is 9.59 Å². The number of amides is 1. The van der Waals surface area contributed by atoms with Crippen molar-refractivity contribution in [3.05, 3.63) is 81.0 Å². The SMILES string of the molecule is Cc1ccc(NC(=O)CSc2nc3sc(C)c(C)c3c(=O)n2-c2ccccc2)cc1. The predicted molar refractivity (Wildman–Crippen MR) is 125 cm³/mol. The van der Waals surface area contributed by atoms with Gasteiger partial charge in [0.05, 0.1) is 16.8 Å². The Bertz CT molecular complexity index is 1280. The molecule has 0 aliphatic rings. The Balaban J connectivity index is 1.68. The van der Waals surface area contributed by atoms with Crippen LogP contribution in [0.15, 0.2) is 64.5 Å². The Labute approximate surface area is 182 Å². The number of rotatable bonds is 5. The van der Waals surface area contributed by atoms with Crippen LogP contribution in [0.4, 0.5) is 5.69 Å². The summed E-state index contributed by atoms with van der Waals surface area (Å²) in [4.78, 5) is 32.4. The summed E-state index contributed by atoms with van der Waals surface area (Å²) < 4.78 is 1.60. The van der Waals surface area contributed by atoms with Crippen LogP contribution in [-0.4, -0.2) is 21.2 Å². The second kappa shape index (κ2) is 8.45. The third-order valence-corrected chi connectivity index (χ3v) is 6.89. The number of aromatic nitrogens is 2. The molecule has 2 aromatic carbocycles. The van der Waals surface area contributed by atoms with Gasteiger partial charge >= 0.3 is 0 Å². The fourth-order valence-corrected chi connectivity index (χ4v) is 5.02. The maximum atomic E-state index is 13.4. The molecule has 152 valence electrons. The zero-order valence-corrected chi connectivity index (χ0v) is 18.6. The first-order chi connectivity index (χ1) is 14.4. The topological polar surface area (TPSA) is 64.0 Å². The van der Waals surface area contributed by atoms with E-state index in [0.29, 0.717) is 15.4 Å². The first kappa shape index (κ1) is 20.4. The molecular formula is C23H21N3O2S2. The van der Waals surface area contributed by atoms with Gasteiger partial charge in [0.2, 0.25) is 5.91 Å². The van der Waals surface area contributed by atoms with Gasteiger partial charge in [0, 0.05) is 10.6 Å². The summed E-state index contributed by atoms with van der Waals surface area (Å²) in [5, 5.41) is 4.05. The number of carbonyl (C=O) groups is 1. The summed E-state index contributed by atoms with van der Waals surface area (Å²) in [7, 11) is 0. The van der Waals surface area contributed by atoms with Crippen molar-refractivity contribution in [1.82, 2.24) is 9.55 Å². The number of aryl methyl sites for hydroxylation is 3. The van der Waals surface area contributed by atoms with Crippen LogP contribution in [0.2, 0.25) is 0 Å². The molecule has 5 nitrogen and oxygen atoms in total. The van der Waals surface area contributed by atoms with Crippen LogP contribution in [0.25, 0.3) is 15.9 Å². The predicted octanol–water partition coefficient (Wildman–Crippen LogP) is 5.10. The van der Waals surface area contributed by atoms with E-state index >= 15 is 0 Å². The highest BCUT2D eigenvalue weighted by Crippen LogP contribution is 2.29. The van der Waals surface area contributed by atoms with Gasteiger partial charge in [-0.25, -0.2) is 4.98 Å². The molecule has 2 heterocycles. The number of nitrogens with zero attached hydrogens (tertiary/aromatic N) is 2. The number of carbonyl (C=O) groups excluding carboxylic acids is 1. The molecule has 0 atom stereocenters. The highest BCUT2D eigenvalue weighted by Gasteiger charge is 2.18. The largest absolute Gasteiger partial charge is 0.325 e. The normalized spacial score (nSPS) is 11.0. The molecule has 30 heavy (non-hydrogen) atoms. The van der Waals surface area contributed by atoms with Crippen LogP contribution in [0.5, 0.6) is 0 Å².